The molecule has 2 aromatic rings. The Morgan fingerprint density at radius 3 is 2.24 bits per heavy atom. The summed E-state index contributed by atoms with van der Waals surface area (Å²) in [5.41, 5.74) is 6.74. The molecule has 0 amide bonds. The lowest BCUT2D eigenvalue weighted by molar-refractivity contribution is 0.540. The van der Waals surface area contributed by atoms with Gasteiger partial charge in [0.25, 0.3) is 0 Å². The molecule has 1 heterocycles. The zero-order valence-corrected chi connectivity index (χ0v) is 9.11. The van der Waals surface area contributed by atoms with Crippen molar-refractivity contribution in [2.75, 3.05) is 0 Å². The van der Waals surface area contributed by atoms with Gasteiger partial charge >= 0.3 is 0 Å². The van der Waals surface area contributed by atoms with Crippen LogP contribution in [0.5, 0.6) is 0 Å². The number of halogens is 2. The highest BCUT2D eigenvalue weighted by Crippen LogP contribution is 2.19. The molecule has 0 aliphatic rings. The second kappa shape index (κ2) is 5.01. The van der Waals surface area contributed by atoms with Crippen LogP contribution in [0, 0.1) is 11.6 Å². The number of pyridine rings is 1. The van der Waals surface area contributed by atoms with Gasteiger partial charge in [-0.3, -0.25) is 4.98 Å². The molecule has 1 aromatic heterocycles. The lowest BCUT2D eigenvalue weighted by Crippen LogP contribution is -2.15. The third-order valence-corrected chi connectivity index (χ3v) is 2.62. The highest BCUT2D eigenvalue weighted by atomic mass is 19.1. The van der Waals surface area contributed by atoms with Crippen LogP contribution in [0.15, 0.2) is 42.7 Å². The van der Waals surface area contributed by atoms with Crippen molar-refractivity contribution in [3.63, 3.8) is 0 Å². The summed E-state index contributed by atoms with van der Waals surface area (Å²) in [5, 5.41) is 0. The first-order valence-corrected chi connectivity index (χ1v) is 5.27. The molecule has 0 saturated heterocycles. The molecule has 1 unspecified atom stereocenters. The first-order chi connectivity index (χ1) is 8.18. The zero-order chi connectivity index (χ0) is 12.3. The van der Waals surface area contributed by atoms with Crippen molar-refractivity contribution in [1.29, 1.82) is 0 Å². The van der Waals surface area contributed by atoms with E-state index in [-0.39, 0.29) is 12.0 Å². The molecule has 2 rings (SSSR count). The van der Waals surface area contributed by atoms with E-state index in [2.05, 4.69) is 4.98 Å². The summed E-state index contributed by atoms with van der Waals surface area (Å²) < 4.78 is 26.8. The number of nitrogens with two attached hydrogens (primary N) is 1. The van der Waals surface area contributed by atoms with E-state index < -0.39 is 17.7 Å². The van der Waals surface area contributed by atoms with E-state index in [0.717, 1.165) is 5.56 Å². The van der Waals surface area contributed by atoms with E-state index in [0.29, 0.717) is 0 Å². The molecule has 0 bridgehead atoms. The first-order valence-electron chi connectivity index (χ1n) is 5.27. The maximum Gasteiger partial charge on any atom is 0.129 e. The van der Waals surface area contributed by atoms with Crippen molar-refractivity contribution in [3.05, 3.63) is 65.5 Å². The van der Waals surface area contributed by atoms with Gasteiger partial charge in [0.2, 0.25) is 0 Å². The average Bonchev–Trinajstić information content (AvgIpc) is 2.35. The molecule has 88 valence electrons. The maximum atomic E-state index is 13.4. The minimum absolute atomic E-state index is 0.0248. The largest absolute Gasteiger partial charge is 0.324 e. The Morgan fingerprint density at radius 1 is 1.06 bits per heavy atom. The van der Waals surface area contributed by atoms with Crippen LogP contribution in [0.2, 0.25) is 0 Å². The molecule has 0 radical (unpaired) electrons. The molecule has 0 aliphatic carbocycles. The second-order valence-corrected chi connectivity index (χ2v) is 3.79. The van der Waals surface area contributed by atoms with Crippen molar-refractivity contribution in [2.24, 2.45) is 5.73 Å². The molecule has 17 heavy (non-hydrogen) atoms. The first kappa shape index (κ1) is 11.7. The van der Waals surface area contributed by atoms with E-state index in [1.54, 1.807) is 24.5 Å². The number of rotatable bonds is 3. The average molecular weight is 234 g/mol. The van der Waals surface area contributed by atoms with Crippen LogP contribution in [-0.2, 0) is 6.42 Å². The van der Waals surface area contributed by atoms with Crippen LogP contribution in [0.4, 0.5) is 8.78 Å². The summed E-state index contributed by atoms with van der Waals surface area (Å²) in [5.74, 6) is -1.12. The Balaban J connectivity index is 2.22. The molecular weight excluding hydrogens is 222 g/mol. The molecule has 2 N–H and O–H groups in total. The van der Waals surface area contributed by atoms with Crippen molar-refractivity contribution < 1.29 is 8.78 Å². The number of benzene rings is 1. The molecule has 1 atom stereocenters. The SMILES string of the molecule is NC(Cc1c(F)cccc1F)c1ccncc1. The predicted molar refractivity (Wildman–Crippen MR) is 61.2 cm³/mol. The standard InChI is InChI=1S/C13H12F2N2/c14-11-2-1-3-12(15)10(11)8-13(16)9-4-6-17-7-5-9/h1-7,13H,8,16H2. The number of nitrogens with zero attached hydrogens (tertiary/aromatic N) is 1. The molecule has 0 aliphatic heterocycles. The highest BCUT2D eigenvalue weighted by molar-refractivity contribution is 5.24. The fourth-order valence-corrected chi connectivity index (χ4v) is 1.68. The molecule has 0 fully saturated rings. The zero-order valence-electron chi connectivity index (χ0n) is 9.11. The van der Waals surface area contributed by atoms with Crippen LogP contribution >= 0.6 is 0 Å². The number of aromatic nitrogens is 1. The summed E-state index contributed by atoms with van der Waals surface area (Å²) in [6.07, 6.45) is 3.34. The van der Waals surface area contributed by atoms with Gasteiger partial charge in [-0.25, -0.2) is 8.78 Å². The molecular formula is C13H12F2N2. The van der Waals surface area contributed by atoms with Gasteiger partial charge in [-0.05, 0) is 36.2 Å². The van der Waals surface area contributed by atoms with Crippen LogP contribution in [0.3, 0.4) is 0 Å². The summed E-state index contributed by atoms with van der Waals surface area (Å²) >= 11 is 0. The summed E-state index contributed by atoms with van der Waals surface area (Å²) in [7, 11) is 0. The van der Waals surface area contributed by atoms with Crippen molar-refractivity contribution >= 4 is 0 Å². The van der Waals surface area contributed by atoms with Gasteiger partial charge in [0.15, 0.2) is 0 Å². The predicted octanol–water partition coefficient (Wildman–Crippen LogP) is 2.60. The Kier molecular flexibility index (Phi) is 3.44. The minimum Gasteiger partial charge on any atom is -0.324 e. The normalized spacial score (nSPS) is 12.4. The van der Waals surface area contributed by atoms with E-state index >= 15 is 0 Å². The lowest BCUT2D eigenvalue weighted by Gasteiger charge is -2.12. The smallest absolute Gasteiger partial charge is 0.129 e. The Bertz CT molecular complexity index is 480. The molecule has 4 heteroatoms. The van der Waals surface area contributed by atoms with Gasteiger partial charge in [0, 0.05) is 24.0 Å². The Morgan fingerprint density at radius 2 is 1.65 bits per heavy atom. The van der Waals surface area contributed by atoms with Crippen LogP contribution < -0.4 is 5.73 Å². The Hall–Kier alpha value is -1.81. The van der Waals surface area contributed by atoms with Gasteiger partial charge in [0.1, 0.15) is 11.6 Å². The number of hydrogen-bond donors (Lipinski definition) is 1. The summed E-state index contributed by atoms with van der Waals surface area (Å²) in [6, 6.07) is 6.85. The molecule has 0 spiro atoms. The van der Waals surface area contributed by atoms with Crippen LogP contribution in [-0.4, -0.2) is 4.98 Å². The fourth-order valence-electron chi connectivity index (χ4n) is 1.68. The van der Waals surface area contributed by atoms with E-state index in [1.165, 1.54) is 18.2 Å². The van der Waals surface area contributed by atoms with Crippen molar-refractivity contribution in [3.8, 4) is 0 Å². The van der Waals surface area contributed by atoms with Crippen LogP contribution in [0.25, 0.3) is 0 Å². The van der Waals surface area contributed by atoms with Gasteiger partial charge < -0.3 is 5.73 Å². The Labute approximate surface area is 98.1 Å². The monoisotopic (exact) mass is 234 g/mol. The minimum atomic E-state index is -0.561. The lowest BCUT2D eigenvalue weighted by atomic mass is 10.00. The third-order valence-electron chi connectivity index (χ3n) is 2.62. The van der Waals surface area contributed by atoms with Gasteiger partial charge in [0.05, 0.1) is 0 Å². The second-order valence-electron chi connectivity index (χ2n) is 3.79. The third kappa shape index (κ3) is 2.65. The topological polar surface area (TPSA) is 38.9 Å². The highest BCUT2D eigenvalue weighted by Gasteiger charge is 2.13. The number of hydrogen-bond acceptors (Lipinski definition) is 2. The van der Waals surface area contributed by atoms with Crippen molar-refractivity contribution in [2.45, 2.75) is 12.5 Å². The van der Waals surface area contributed by atoms with Crippen molar-refractivity contribution in [1.82, 2.24) is 4.98 Å². The maximum absolute atomic E-state index is 13.4. The van der Waals surface area contributed by atoms with E-state index in [9.17, 15) is 8.78 Å². The molecule has 0 saturated carbocycles. The van der Waals surface area contributed by atoms with Gasteiger partial charge in [-0.2, -0.15) is 0 Å². The van der Waals surface area contributed by atoms with Gasteiger partial charge in [-0.1, -0.05) is 6.07 Å². The quantitative estimate of drug-likeness (QED) is 0.886. The van der Waals surface area contributed by atoms with Crippen LogP contribution in [0.1, 0.15) is 17.2 Å². The van der Waals surface area contributed by atoms with E-state index in [1.807, 2.05) is 0 Å². The summed E-state index contributed by atoms with van der Waals surface area (Å²) in [4.78, 5) is 3.87. The van der Waals surface area contributed by atoms with Gasteiger partial charge in [-0.15, -0.1) is 0 Å². The summed E-state index contributed by atoms with van der Waals surface area (Å²) in [6.45, 7) is 0. The molecule has 1 aromatic carbocycles. The molecule has 2 nitrogen and oxygen atoms in total. The van der Waals surface area contributed by atoms with E-state index in [4.69, 9.17) is 5.73 Å². The fraction of sp³-hybridized carbons (Fsp3) is 0.154.